The second-order valence-corrected chi connectivity index (χ2v) is 5.50. The number of carbonyl (C=O) groups is 2. The lowest BCUT2D eigenvalue weighted by Crippen LogP contribution is -2.28. The van der Waals surface area contributed by atoms with E-state index in [1.807, 2.05) is 0 Å². The highest BCUT2D eigenvalue weighted by Gasteiger charge is 2.26. The summed E-state index contributed by atoms with van der Waals surface area (Å²) in [5, 5.41) is 5.28. The molecule has 0 spiro atoms. The molecule has 104 valence electrons. The normalized spacial score (nSPS) is 12.9. The Bertz CT molecular complexity index is 496. The maximum Gasteiger partial charge on any atom is 0.265 e. The van der Waals surface area contributed by atoms with E-state index in [4.69, 9.17) is 4.74 Å². The summed E-state index contributed by atoms with van der Waals surface area (Å²) >= 11 is 1.51. The smallest absolute Gasteiger partial charge is 0.265 e. The fourth-order valence-electron chi connectivity index (χ4n) is 2.24. The van der Waals surface area contributed by atoms with Crippen LogP contribution in [0.2, 0.25) is 0 Å². The Kier molecular flexibility index (Phi) is 4.42. The summed E-state index contributed by atoms with van der Waals surface area (Å²) in [5.41, 5.74) is 1.18. The van der Waals surface area contributed by atoms with Crippen LogP contribution in [0.15, 0.2) is 0 Å². The summed E-state index contributed by atoms with van der Waals surface area (Å²) < 4.78 is 5.37. The van der Waals surface area contributed by atoms with E-state index in [2.05, 4.69) is 10.6 Å². The van der Waals surface area contributed by atoms with Crippen LogP contribution in [-0.2, 0) is 17.6 Å². The van der Waals surface area contributed by atoms with Gasteiger partial charge in [0, 0.05) is 30.5 Å². The number of hydrogen-bond donors (Lipinski definition) is 2. The first-order valence-corrected chi connectivity index (χ1v) is 7.16. The first kappa shape index (κ1) is 13.9. The van der Waals surface area contributed by atoms with Gasteiger partial charge < -0.3 is 15.4 Å². The van der Waals surface area contributed by atoms with Gasteiger partial charge in [-0.2, -0.15) is 0 Å². The number of fused-ring (bicyclic) bond motifs is 1. The molecular weight excluding hydrogens is 264 g/mol. The SMILES string of the molecule is CNC(=O)CCNC(=O)c1sc2c(c1OC)CCC2. The topological polar surface area (TPSA) is 67.4 Å². The molecule has 0 fully saturated rings. The van der Waals surface area contributed by atoms with Crippen LogP contribution < -0.4 is 15.4 Å². The number of ether oxygens (including phenoxy) is 1. The van der Waals surface area contributed by atoms with Crippen molar-refractivity contribution in [1.82, 2.24) is 10.6 Å². The zero-order valence-electron chi connectivity index (χ0n) is 11.2. The Hall–Kier alpha value is -1.56. The lowest BCUT2D eigenvalue weighted by atomic mass is 10.2. The van der Waals surface area contributed by atoms with Gasteiger partial charge in [-0.25, -0.2) is 0 Å². The molecule has 0 saturated heterocycles. The van der Waals surface area contributed by atoms with Crippen molar-refractivity contribution in [2.24, 2.45) is 0 Å². The molecule has 2 rings (SSSR count). The lowest BCUT2D eigenvalue weighted by Gasteiger charge is -2.06. The first-order chi connectivity index (χ1) is 9.17. The summed E-state index contributed by atoms with van der Waals surface area (Å²) in [5.74, 6) is 0.482. The van der Waals surface area contributed by atoms with E-state index in [0.717, 1.165) is 25.0 Å². The Morgan fingerprint density at radius 1 is 1.37 bits per heavy atom. The van der Waals surface area contributed by atoms with Crippen LogP contribution >= 0.6 is 11.3 Å². The van der Waals surface area contributed by atoms with Crippen molar-refractivity contribution in [3.8, 4) is 5.75 Å². The number of nitrogens with one attached hydrogen (secondary N) is 2. The van der Waals surface area contributed by atoms with Crippen molar-refractivity contribution in [3.63, 3.8) is 0 Å². The fraction of sp³-hybridized carbons (Fsp3) is 0.538. The molecule has 0 aromatic carbocycles. The van der Waals surface area contributed by atoms with E-state index in [1.165, 1.54) is 21.8 Å². The quantitative estimate of drug-likeness (QED) is 0.850. The van der Waals surface area contributed by atoms with Crippen molar-refractivity contribution < 1.29 is 14.3 Å². The summed E-state index contributed by atoms with van der Waals surface area (Å²) in [7, 11) is 3.18. The van der Waals surface area contributed by atoms with Gasteiger partial charge >= 0.3 is 0 Å². The molecular formula is C13H18N2O3S. The van der Waals surface area contributed by atoms with Gasteiger partial charge in [0.05, 0.1) is 7.11 Å². The molecule has 2 amide bonds. The first-order valence-electron chi connectivity index (χ1n) is 6.34. The number of hydrogen-bond acceptors (Lipinski definition) is 4. The van der Waals surface area contributed by atoms with Gasteiger partial charge in [-0.05, 0) is 19.3 Å². The molecule has 0 aliphatic heterocycles. The van der Waals surface area contributed by atoms with E-state index in [9.17, 15) is 9.59 Å². The van der Waals surface area contributed by atoms with E-state index in [-0.39, 0.29) is 18.2 Å². The van der Waals surface area contributed by atoms with Crippen molar-refractivity contribution in [2.45, 2.75) is 25.7 Å². The average molecular weight is 282 g/mol. The maximum atomic E-state index is 12.1. The highest BCUT2D eigenvalue weighted by atomic mass is 32.1. The van der Waals surface area contributed by atoms with Gasteiger partial charge in [0.2, 0.25) is 5.91 Å². The molecule has 1 aromatic rings. The number of thiophene rings is 1. The van der Waals surface area contributed by atoms with E-state index in [1.54, 1.807) is 14.2 Å². The molecule has 19 heavy (non-hydrogen) atoms. The number of rotatable bonds is 5. The number of carbonyl (C=O) groups excluding carboxylic acids is 2. The molecule has 1 aliphatic carbocycles. The standard InChI is InChI=1S/C13H18N2O3S/c1-14-10(16)6-7-15-13(17)12-11(18-2)8-4-3-5-9(8)19-12/h3-7H2,1-2H3,(H,14,16)(H,15,17). The van der Waals surface area contributed by atoms with Crippen LogP contribution in [0.1, 0.15) is 33.0 Å². The minimum Gasteiger partial charge on any atom is -0.495 e. The van der Waals surface area contributed by atoms with Crippen molar-refractivity contribution in [2.75, 3.05) is 20.7 Å². The van der Waals surface area contributed by atoms with Crippen molar-refractivity contribution >= 4 is 23.2 Å². The Morgan fingerprint density at radius 2 is 2.16 bits per heavy atom. The third-order valence-corrected chi connectivity index (χ3v) is 4.47. The van der Waals surface area contributed by atoms with Crippen LogP contribution in [-0.4, -0.2) is 32.5 Å². The van der Waals surface area contributed by atoms with Gasteiger partial charge in [-0.1, -0.05) is 0 Å². The minimum absolute atomic E-state index is 0.0825. The second-order valence-electron chi connectivity index (χ2n) is 4.40. The molecule has 1 aromatic heterocycles. The van der Waals surface area contributed by atoms with Crippen LogP contribution in [0, 0.1) is 0 Å². The molecule has 0 unspecified atom stereocenters. The molecule has 1 aliphatic rings. The van der Waals surface area contributed by atoms with Crippen LogP contribution in [0.5, 0.6) is 5.75 Å². The van der Waals surface area contributed by atoms with Crippen LogP contribution in [0.4, 0.5) is 0 Å². The summed E-state index contributed by atoms with van der Waals surface area (Å²) in [4.78, 5) is 25.1. The number of methoxy groups -OCH3 is 1. The predicted molar refractivity (Wildman–Crippen MR) is 73.9 cm³/mol. The fourth-order valence-corrected chi connectivity index (χ4v) is 3.51. The molecule has 5 nitrogen and oxygen atoms in total. The van der Waals surface area contributed by atoms with Gasteiger partial charge in [0.15, 0.2) is 0 Å². The summed E-state index contributed by atoms with van der Waals surface area (Å²) in [6.07, 6.45) is 3.44. The third kappa shape index (κ3) is 2.89. The molecule has 0 saturated carbocycles. The number of aryl methyl sites for hydroxylation is 1. The highest BCUT2D eigenvalue weighted by Crippen LogP contribution is 2.40. The highest BCUT2D eigenvalue weighted by molar-refractivity contribution is 7.14. The molecule has 2 N–H and O–H groups in total. The summed E-state index contributed by atoms with van der Waals surface area (Å²) in [6.45, 7) is 0.338. The molecule has 0 radical (unpaired) electrons. The van der Waals surface area contributed by atoms with Crippen LogP contribution in [0.3, 0.4) is 0 Å². The van der Waals surface area contributed by atoms with E-state index in [0.29, 0.717) is 11.4 Å². The third-order valence-electron chi connectivity index (χ3n) is 3.20. The average Bonchev–Trinajstić information content (AvgIpc) is 2.97. The Morgan fingerprint density at radius 3 is 2.84 bits per heavy atom. The van der Waals surface area contributed by atoms with E-state index < -0.39 is 0 Å². The minimum atomic E-state index is -0.153. The van der Waals surface area contributed by atoms with Crippen molar-refractivity contribution in [1.29, 1.82) is 0 Å². The lowest BCUT2D eigenvalue weighted by molar-refractivity contribution is -0.120. The van der Waals surface area contributed by atoms with Crippen LogP contribution in [0.25, 0.3) is 0 Å². The zero-order chi connectivity index (χ0) is 13.8. The Balaban J connectivity index is 2.01. The molecule has 1 heterocycles. The van der Waals surface area contributed by atoms with Gasteiger partial charge in [-0.3, -0.25) is 9.59 Å². The van der Waals surface area contributed by atoms with Gasteiger partial charge in [0.25, 0.3) is 5.91 Å². The Labute approximate surface area is 116 Å². The zero-order valence-corrected chi connectivity index (χ0v) is 12.0. The second kappa shape index (κ2) is 6.06. The van der Waals surface area contributed by atoms with Gasteiger partial charge in [-0.15, -0.1) is 11.3 Å². The molecule has 0 atom stereocenters. The maximum absolute atomic E-state index is 12.1. The summed E-state index contributed by atoms with van der Waals surface area (Å²) in [6, 6.07) is 0. The molecule has 0 bridgehead atoms. The monoisotopic (exact) mass is 282 g/mol. The van der Waals surface area contributed by atoms with Crippen molar-refractivity contribution in [3.05, 3.63) is 15.3 Å². The van der Waals surface area contributed by atoms with Gasteiger partial charge in [0.1, 0.15) is 10.6 Å². The van der Waals surface area contributed by atoms with E-state index >= 15 is 0 Å². The predicted octanol–water partition coefficient (Wildman–Crippen LogP) is 1.11. The molecule has 6 heteroatoms. The number of amides is 2. The largest absolute Gasteiger partial charge is 0.495 e.